The maximum atomic E-state index is 12.8. The Kier molecular flexibility index (Phi) is 5.06. The molecule has 0 N–H and O–H groups in total. The van der Waals surface area contributed by atoms with Gasteiger partial charge in [-0.05, 0) is 42.7 Å². The summed E-state index contributed by atoms with van der Waals surface area (Å²) in [6, 6.07) is 15.1. The van der Waals surface area contributed by atoms with Gasteiger partial charge in [-0.3, -0.25) is 9.59 Å². The van der Waals surface area contributed by atoms with Crippen molar-refractivity contribution >= 4 is 16.8 Å². The van der Waals surface area contributed by atoms with Crippen molar-refractivity contribution in [3.63, 3.8) is 0 Å². The van der Waals surface area contributed by atoms with Gasteiger partial charge in [0, 0.05) is 19.0 Å². The number of carbonyl (C=O) groups is 1. The van der Waals surface area contributed by atoms with Crippen LogP contribution in [0.25, 0.3) is 10.9 Å². The highest BCUT2D eigenvalue weighted by Gasteiger charge is 2.32. The van der Waals surface area contributed by atoms with Crippen LogP contribution in [0.15, 0.2) is 53.3 Å². The lowest BCUT2D eigenvalue weighted by atomic mass is 10.2. The van der Waals surface area contributed by atoms with Crippen LogP contribution in [0.5, 0.6) is 5.75 Å². The van der Waals surface area contributed by atoms with Crippen molar-refractivity contribution in [2.45, 2.75) is 38.4 Å². The quantitative estimate of drug-likeness (QED) is 0.631. The molecular weight excluding hydrogens is 356 g/mol. The molecule has 1 aliphatic carbocycles. The van der Waals surface area contributed by atoms with Crippen LogP contribution in [0.3, 0.4) is 0 Å². The first-order valence-electron chi connectivity index (χ1n) is 9.40. The van der Waals surface area contributed by atoms with Crippen molar-refractivity contribution in [1.82, 2.24) is 19.9 Å². The summed E-state index contributed by atoms with van der Waals surface area (Å²) in [4.78, 5) is 27.3. The number of nitrogens with zero attached hydrogens (tertiary/aromatic N) is 4. The molecule has 1 saturated carbocycles. The summed E-state index contributed by atoms with van der Waals surface area (Å²) in [5, 5.41) is 8.56. The van der Waals surface area contributed by atoms with E-state index in [0.717, 1.165) is 24.2 Å². The van der Waals surface area contributed by atoms with Gasteiger partial charge in [-0.2, -0.15) is 0 Å². The standard InChI is InChI=1S/C21H22N4O3/c1-28-17-10-6-15(7-11-17)14-24(16-8-9-16)20(26)12-13-25-21(27)18-4-2-3-5-19(18)22-23-25/h2-7,10-11,16H,8-9,12-14H2,1H3. The molecule has 1 aliphatic rings. The Labute approximate surface area is 162 Å². The van der Waals surface area contributed by atoms with E-state index in [1.807, 2.05) is 35.2 Å². The van der Waals surface area contributed by atoms with Crippen molar-refractivity contribution in [3.8, 4) is 5.75 Å². The number of hydrogen-bond acceptors (Lipinski definition) is 5. The normalized spacial score (nSPS) is 13.5. The molecule has 1 heterocycles. The fourth-order valence-electron chi connectivity index (χ4n) is 3.25. The second-order valence-corrected chi connectivity index (χ2v) is 6.99. The van der Waals surface area contributed by atoms with Crippen LogP contribution in [0.1, 0.15) is 24.8 Å². The molecule has 1 fully saturated rings. The third-order valence-corrected chi connectivity index (χ3v) is 4.99. The first kappa shape index (κ1) is 18.2. The van der Waals surface area contributed by atoms with Crippen molar-refractivity contribution in [3.05, 3.63) is 64.4 Å². The smallest absolute Gasteiger partial charge is 0.277 e. The average molecular weight is 378 g/mol. The number of rotatable bonds is 7. The van der Waals surface area contributed by atoms with Crippen LogP contribution < -0.4 is 10.3 Å². The molecule has 0 saturated heterocycles. The summed E-state index contributed by atoms with van der Waals surface area (Å²) in [7, 11) is 1.63. The number of hydrogen-bond donors (Lipinski definition) is 0. The zero-order valence-electron chi connectivity index (χ0n) is 15.7. The number of aromatic nitrogens is 3. The first-order chi connectivity index (χ1) is 13.7. The number of ether oxygens (including phenoxy) is 1. The first-order valence-corrected chi connectivity index (χ1v) is 9.40. The lowest BCUT2D eigenvalue weighted by molar-refractivity contribution is -0.132. The third-order valence-electron chi connectivity index (χ3n) is 4.99. The monoisotopic (exact) mass is 378 g/mol. The van der Waals surface area contributed by atoms with E-state index in [1.54, 1.807) is 25.3 Å². The van der Waals surface area contributed by atoms with Crippen LogP contribution >= 0.6 is 0 Å². The van der Waals surface area contributed by atoms with Gasteiger partial charge >= 0.3 is 0 Å². The minimum Gasteiger partial charge on any atom is -0.497 e. The van der Waals surface area contributed by atoms with Crippen LogP contribution in [0.4, 0.5) is 0 Å². The fraction of sp³-hybridized carbons (Fsp3) is 0.333. The molecule has 0 aliphatic heterocycles. The van der Waals surface area contributed by atoms with Crippen molar-refractivity contribution < 1.29 is 9.53 Å². The predicted octanol–water partition coefficient (Wildman–Crippen LogP) is 2.38. The fourth-order valence-corrected chi connectivity index (χ4v) is 3.25. The van der Waals surface area contributed by atoms with Crippen molar-refractivity contribution in [2.24, 2.45) is 0 Å². The van der Waals surface area contributed by atoms with E-state index in [0.29, 0.717) is 17.4 Å². The lowest BCUT2D eigenvalue weighted by Gasteiger charge is -2.23. The molecule has 3 aromatic rings. The number of benzene rings is 2. The van der Waals surface area contributed by atoms with Gasteiger partial charge in [-0.25, -0.2) is 4.68 Å². The van der Waals surface area contributed by atoms with E-state index >= 15 is 0 Å². The number of methoxy groups -OCH3 is 1. The molecule has 28 heavy (non-hydrogen) atoms. The molecule has 0 unspecified atom stereocenters. The summed E-state index contributed by atoms with van der Waals surface area (Å²) in [5.74, 6) is 0.822. The number of carbonyl (C=O) groups excluding carboxylic acids is 1. The number of aryl methyl sites for hydroxylation is 1. The van der Waals surface area contributed by atoms with E-state index in [1.165, 1.54) is 4.68 Å². The molecular formula is C21H22N4O3. The van der Waals surface area contributed by atoms with Crippen LogP contribution in [-0.4, -0.2) is 39.0 Å². The van der Waals surface area contributed by atoms with Crippen LogP contribution in [0, 0.1) is 0 Å². The summed E-state index contributed by atoms with van der Waals surface area (Å²) < 4.78 is 6.46. The Morgan fingerprint density at radius 1 is 1.18 bits per heavy atom. The molecule has 0 radical (unpaired) electrons. The second-order valence-electron chi connectivity index (χ2n) is 6.99. The van der Waals surface area contributed by atoms with Crippen LogP contribution in [0.2, 0.25) is 0 Å². The van der Waals surface area contributed by atoms with Gasteiger partial charge in [0.05, 0.1) is 19.0 Å². The van der Waals surface area contributed by atoms with Gasteiger partial charge in [0.1, 0.15) is 11.3 Å². The Bertz CT molecular complexity index is 1040. The minimum atomic E-state index is -0.216. The van der Waals surface area contributed by atoms with Gasteiger partial charge in [0.15, 0.2) is 0 Å². The average Bonchev–Trinajstić information content (AvgIpc) is 3.57. The SMILES string of the molecule is COc1ccc(CN(C(=O)CCn2nnc3ccccc3c2=O)C2CC2)cc1. The topological polar surface area (TPSA) is 77.3 Å². The highest BCUT2D eigenvalue weighted by molar-refractivity contribution is 5.77. The summed E-state index contributed by atoms with van der Waals surface area (Å²) >= 11 is 0. The van der Waals surface area contributed by atoms with Gasteiger partial charge in [0.2, 0.25) is 5.91 Å². The molecule has 144 valence electrons. The predicted molar refractivity (Wildman–Crippen MR) is 105 cm³/mol. The zero-order valence-corrected chi connectivity index (χ0v) is 15.7. The summed E-state index contributed by atoms with van der Waals surface area (Å²) in [6.07, 6.45) is 2.27. The molecule has 1 aromatic heterocycles. The number of amides is 1. The van der Waals surface area contributed by atoms with E-state index < -0.39 is 0 Å². The third kappa shape index (κ3) is 3.88. The van der Waals surface area contributed by atoms with E-state index in [2.05, 4.69) is 10.3 Å². The Morgan fingerprint density at radius 3 is 2.64 bits per heavy atom. The molecule has 2 aromatic carbocycles. The summed E-state index contributed by atoms with van der Waals surface area (Å²) in [5.41, 5.74) is 1.41. The Hall–Kier alpha value is -3.22. The van der Waals surface area contributed by atoms with E-state index in [4.69, 9.17) is 4.74 Å². The Balaban J connectivity index is 1.45. The highest BCUT2D eigenvalue weighted by atomic mass is 16.5. The number of fused-ring (bicyclic) bond motifs is 1. The van der Waals surface area contributed by atoms with Gasteiger partial charge in [0.25, 0.3) is 5.56 Å². The highest BCUT2D eigenvalue weighted by Crippen LogP contribution is 2.29. The molecule has 0 bridgehead atoms. The molecule has 7 nitrogen and oxygen atoms in total. The molecule has 7 heteroatoms. The minimum absolute atomic E-state index is 0.0279. The van der Waals surface area contributed by atoms with Gasteiger partial charge < -0.3 is 9.64 Å². The zero-order chi connectivity index (χ0) is 19.5. The van der Waals surface area contributed by atoms with Crippen molar-refractivity contribution in [2.75, 3.05) is 7.11 Å². The van der Waals surface area contributed by atoms with Gasteiger partial charge in [-0.15, -0.1) is 5.10 Å². The lowest BCUT2D eigenvalue weighted by Crippen LogP contribution is -2.34. The maximum absolute atomic E-state index is 12.8. The summed E-state index contributed by atoms with van der Waals surface area (Å²) in [6.45, 7) is 0.785. The van der Waals surface area contributed by atoms with Crippen molar-refractivity contribution in [1.29, 1.82) is 0 Å². The molecule has 0 spiro atoms. The largest absolute Gasteiger partial charge is 0.497 e. The molecule has 1 amide bonds. The van der Waals surface area contributed by atoms with E-state index in [-0.39, 0.29) is 30.5 Å². The van der Waals surface area contributed by atoms with E-state index in [9.17, 15) is 9.59 Å². The maximum Gasteiger partial charge on any atom is 0.277 e. The van der Waals surface area contributed by atoms with Crippen LogP contribution in [-0.2, 0) is 17.9 Å². The van der Waals surface area contributed by atoms with Gasteiger partial charge in [-0.1, -0.05) is 29.5 Å². The Morgan fingerprint density at radius 2 is 1.93 bits per heavy atom. The molecule has 0 atom stereocenters. The second kappa shape index (κ2) is 7.80. The molecule has 4 rings (SSSR count).